The van der Waals surface area contributed by atoms with Crippen molar-refractivity contribution in [3.63, 3.8) is 0 Å². The monoisotopic (exact) mass is 206 g/mol. The van der Waals surface area contributed by atoms with Gasteiger partial charge in [-0.2, -0.15) is 0 Å². The van der Waals surface area contributed by atoms with E-state index in [1.165, 1.54) is 11.5 Å². The van der Waals surface area contributed by atoms with Crippen LogP contribution in [0, 0.1) is 0 Å². The highest BCUT2D eigenvalue weighted by Crippen LogP contribution is 2.19. The van der Waals surface area contributed by atoms with Gasteiger partial charge in [-0.3, -0.25) is 14.2 Å². The Hall–Kier alpha value is -1.58. The molecule has 0 saturated carbocycles. The van der Waals surface area contributed by atoms with Crippen LogP contribution >= 0.6 is 0 Å². The molecule has 1 aliphatic heterocycles. The smallest absolute Gasteiger partial charge is 0.255 e. The second-order valence-corrected chi connectivity index (χ2v) is 3.76. The molecule has 0 radical (unpaired) electrons. The van der Waals surface area contributed by atoms with E-state index < -0.39 is 0 Å². The molecule has 0 fully saturated rings. The van der Waals surface area contributed by atoms with Crippen molar-refractivity contribution in [2.45, 2.75) is 20.3 Å². The largest absolute Gasteiger partial charge is 0.339 e. The van der Waals surface area contributed by atoms with Gasteiger partial charge in [-0.05, 0) is 18.9 Å². The van der Waals surface area contributed by atoms with Gasteiger partial charge in [0, 0.05) is 32.4 Å². The summed E-state index contributed by atoms with van der Waals surface area (Å²) in [6.45, 7) is 4.94. The Morgan fingerprint density at radius 2 is 2.20 bits per heavy atom. The minimum Gasteiger partial charge on any atom is -0.339 e. The zero-order valence-electron chi connectivity index (χ0n) is 8.99. The van der Waals surface area contributed by atoms with Crippen LogP contribution in [-0.4, -0.2) is 34.4 Å². The van der Waals surface area contributed by atoms with Crippen molar-refractivity contribution >= 4 is 11.8 Å². The lowest BCUT2D eigenvalue weighted by atomic mass is 10.1. The van der Waals surface area contributed by atoms with Crippen molar-refractivity contribution in [2.75, 3.05) is 13.1 Å². The van der Waals surface area contributed by atoms with E-state index in [1.54, 1.807) is 17.3 Å². The number of aromatic nitrogens is 1. The third kappa shape index (κ3) is 1.56. The lowest BCUT2D eigenvalue weighted by Crippen LogP contribution is -2.36. The van der Waals surface area contributed by atoms with E-state index in [1.807, 2.05) is 6.92 Å². The van der Waals surface area contributed by atoms with E-state index in [0.717, 1.165) is 25.1 Å². The first-order valence-electron chi connectivity index (χ1n) is 5.14. The first-order chi connectivity index (χ1) is 7.13. The number of hydrogen-bond donors (Lipinski definition) is 0. The third-order valence-corrected chi connectivity index (χ3v) is 2.82. The molecule has 1 aromatic heterocycles. The van der Waals surface area contributed by atoms with Gasteiger partial charge in [0.1, 0.15) is 0 Å². The molecule has 0 unspecified atom stereocenters. The maximum Gasteiger partial charge on any atom is 0.255 e. The third-order valence-electron chi connectivity index (χ3n) is 2.82. The molecule has 4 nitrogen and oxygen atoms in total. The number of nitrogens with zero attached hydrogens (tertiary/aromatic N) is 2. The first-order valence-corrected chi connectivity index (χ1v) is 5.14. The molecule has 1 amide bonds. The number of hydrogen-bond acceptors (Lipinski definition) is 2. The van der Waals surface area contributed by atoms with Gasteiger partial charge >= 0.3 is 0 Å². The molecule has 2 heterocycles. The van der Waals surface area contributed by atoms with Crippen molar-refractivity contribution in [3.05, 3.63) is 23.5 Å². The van der Waals surface area contributed by atoms with Crippen molar-refractivity contribution < 1.29 is 9.59 Å². The summed E-state index contributed by atoms with van der Waals surface area (Å²) in [6.07, 6.45) is 4.25. The van der Waals surface area contributed by atoms with Crippen molar-refractivity contribution in [3.8, 4) is 0 Å². The van der Waals surface area contributed by atoms with Crippen molar-refractivity contribution in [1.82, 2.24) is 9.47 Å². The van der Waals surface area contributed by atoms with Gasteiger partial charge < -0.3 is 4.90 Å². The van der Waals surface area contributed by atoms with Gasteiger partial charge in [-0.1, -0.05) is 0 Å². The fraction of sp³-hybridized carbons (Fsp3) is 0.455. The zero-order valence-corrected chi connectivity index (χ0v) is 8.99. The molecule has 1 aromatic rings. The number of amides is 1. The average molecular weight is 206 g/mol. The molecule has 0 bridgehead atoms. The molecule has 0 atom stereocenters. The van der Waals surface area contributed by atoms with Crippen LogP contribution in [0.3, 0.4) is 0 Å². The Kier molecular flexibility index (Phi) is 2.34. The van der Waals surface area contributed by atoms with Gasteiger partial charge in [0.2, 0.25) is 5.91 Å². The Morgan fingerprint density at radius 3 is 2.80 bits per heavy atom. The van der Waals surface area contributed by atoms with E-state index in [4.69, 9.17) is 0 Å². The molecule has 0 N–H and O–H groups in total. The van der Waals surface area contributed by atoms with Crippen LogP contribution in [0.5, 0.6) is 0 Å². The van der Waals surface area contributed by atoms with Gasteiger partial charge in [0.25, 0.3) is 5.91 Å². The molecule has 2 rings (SSSR count). The maximum absolute atomic E-state index is 11.9. The van der Waals surface area contributed by atoms with E-state index in [2.05, 4.69) is 0 Å². The summed E-state index contributed by atoms with van der Waals surface area (Å²) in [5.74, 6) is -0.0148. The van der Waals surface area contributed by atoms with Crippen LogP contribution in [-0.2, 0) is 6.42 Å². The number of carbonyl (C=O) groups is 2. The summed E-state index contributed by atoms with van der Waals surface area (Å²) in [6, 6.07) is 0. The molecule has 1 aliphatic rings. The van der Waals surface area contributed by atoms with Crippen LogP contribution < -0.4 is 0 Å². The summed E-state index contributed by atoms with van der Waals surface area (Å²) in [4.78, 5) is 24.8. The predicted molar refractivity (Wildman–Crippen MR) is 56.0 cm³/mol. The Morgan fingerprint density at radius 1 is 1.47 bits per heavy atom. The molecule has 0 spiro atoms. The van der Waals surface area contributed by atoms with Crippen LogP contribution in [0.25, 0.3) is 0 Å². The fourth-order valence-electron chi connectivity index (χ4n) is 1.90. The Balaban J connectivity index is 2.39. The number of likely N-dealkylation sites (N-methyl/N-ethyl adjacent to an activating group) is 1. The second-order valence-electron chi connectivity index (χ2n) is 3.76. The van der Waals surface area contributed by atoms with Crippen molar-refractivity contribution in [1.29, 1.82) is 0 Å². The Bertz CT molecular complexity index is 420. The van der Waals surface area contributed by atoms with Gasteiger partial charge in [-0.15, -0.1) is 0 Å². The number of rotatable bonds is 1. The summed E-state index contributed by atoms with van der Waals surface area (Å²) < 4.78 is 1.49. The van der Waals surface area contributed by atoms with E-state index >= 15 is 0 Å². The van der Waals surface area contributed by atoms with Crippen molar-refractivity contribution in [2.24, 2.45) is 0 Å². The molecule has 15 heavy (non-hydrogen) atoms. The summed E-state index contributed by atoms with van der Waals surface area (Å²) in [5.41, 5.74) is 1.67. The maximum atomic E-state index is 11.9. The Labute approximate surface area is 88.5 Å². The summed E-state index contributed by atoms with van der Waals surface area (Å²) in [7, 11) is 0. The highest BCUT2D eigenvalue weighted by atomic mass is 16.2. The summed E-state index contributed by atoms with van der Waals surface area (Å²) >= 11 is 0. The second kappa shape index (κ2) is 3.53. The minimum atomic E-state index is -0.0553. The lowest BCUT2D eigenvalue weighted by molar-refractivity contribution is 0.0750. The number of carbonyl (C=O) groups excluding carboxylic acids is 2. The lowest BCUT2D eigenvalue weighted by Gasteiger charge is -2.25. The van der Waals surface area contributed by atoms with Gasteiger partial charge in [-0.25, -0.2) is 0 Å². The molecular weight excluding hydrogens is 192 g/mol. The van der Waals surface area contributed by atoms with Crippen LogP contribution in [0.4, 0.5) is 0 Å². The van der Waals surface area contributed by atoms with Crippen LogP contribution in [0.15, 0.2) is 12.4 Å². The molecular formula is C11H14N2O2. The average Bonchev–Trinajstić information content (AvgIpc) is 2.63. The van der Waals surface area contributed by atoms with Crippen LogP contribution in [0.1, 0.15) is 34.6 Å². The highest BCUT2D eigenvalue weighted by Gasteiger charge is 2.25. The first kappa shape index (κ1) is 9.96. The van der Waals surface area contributed by atoms with Gasteiger partial charge in [0.05, 0.1) is 5.56 Å². The predicted octanol–water partition coefficient (Wildman–Crippen LogP) is 1.17. The molecule has 4 heteroatoms. The summed E-state index contributed by atoms with van der Waals surface area (Å²) in [5, 5.41) is 0. The van der Waals surface area contributed by atoms with E-state index in [9.17, 15) is 9.59 Å². The minimum absolute atomic E-state index is 0.0405. The highest BCUT2D eigenvalue weighted by molar-refractivity contribution is 5.97. The van der Waals surface area contributed by atoms with E-state index in [-0.39, 0.29) is 11.8 Å². The van der Waals surface area contributed by atoms with E-state index in [0.29, 0.717) is 5.56 Å². The molecule has 0 aromatic carbocycles. The SMILES string of the molecule is CCN1CCc2cn(C(C)=O)cc2C1=O. The van der Waals surface area contributed by atoms with Crippen LogP contribution in [0.2, 0.25) is 0 Å². The quantitative estimate of drug-likeness (QED) is 0.692. The molecule has 0 saturated heterocycles. The molecule has 0 aliphatic carbocycles. The molecule has 80 valence electrons. The van der Waals surface area contributed by atoms with Gasteiger partial charge in [0.15, 0.2) is 0 Å². The number of fused-ring (bicyclic) bond motifs is 1. The normalized spacial score (nSPS) is 15.3. The standard InChI is InChI=1S/C11H14N2O2/c1-3-12-5-4-9-6-13(8(2)14)7-10(9)11(12)15/h6-7H,3-5H2,1-2H3. The topological polar surface area (TPSA) is 42.3 Å². The fourth-order valence-corrected chi connectivity index (χ4v) is 1.90. The zero-order chi connectivity index (χ0) is 11.0.